The first-order valence-corrected chi connectivity index (χ1v) is 10.7. The molecule has 148 valence electrons. The van der Waals surface area contributed by atoms with Crippen molar-refractivity contribution in [1.82, 2.24) is 20.0 Å². The van der Waals surface area contributed by atoms with Gasteiger partial charge in [0, 0.05) is 45.3 Å². The molecular formula is C20H36N4O2. The van der Waals surface area contributed by atoms with Crippen molar-refractivity contribution in [2.45, 2.75) is 70.4 Å². The Bertz CT molecular complexity index is 464. The van der Waals surface area contributed by atoms with Crippen LogP contribution in [0.1, 0.15) is 58.3 Å². The average Bonchev–Trinajstić information content (AvgIpc) is 2.69. The Kier molecular flexibility index (Phi) is 7.32. The highest BCUT2D eigenvalue weighted by Gasteiger charge is 2.28. The van der Waals surface area contributed by atoms with Gasteiger partial charge in [0.1, 0.15) is 0 Å². The van der Waals surface area contributed by atoms with Gasteiger partial charge >= 0.3 is 0 Å². The molecule has 6 nitrogen and oxygen atoms in total. The topological polar surface area (TPSA) is 55.9 Å². The molecule has 2 aliphatic heterocycles. The summed E-state index contributed by atoms with van der Waals surface area (Å²) < 4.78 is 0. The molecule has 3 fully saturated rings. The highest BCUT2D eigenvalue weighted by atomic mass is 16.2. The van der Waals surface area contributed by atoms with Crippen LogP contribution in [0.2, 0.25) is 0 Å². The van der Waals surface area contributed by atoms with Crippen molar-refractivity contribution in [3.8, 4) is 0 Å². The lowest BCUT2D eigenvalue weighted by atomic mass is 9.95. The molecule has 2 saturated heterocycles. The van der Waals surface area contributed by atoms with E-state index in [1.165, 1.54) is 25.7 Å². The molecule has 6 heteroatoms. The molecule has 0 spiro atoms. The van der Waals surface area contributed by atoms with E-state index in [0.29, 0.717) is 12.6 Å². The van der Waals surface area contributed by atoms with Crippen LogP contribution in [-0.4, -0.2) is 84.4 Å². The van der Waals surface area contributed by atoms with Crippen LogP contribution in [0.15, 0.2) is 0 Å². The van der Waals surface area contributed by atoms with Gasteiger partial charge in [0.25, 0.3) is 0 Å². The van der Waals surface area contributed by atoms with E-state index in [0.717, 1.165) is 65.0 Å². The SMILES string of the molecule is CC(C(=O)NC1CCCCC1)N1CCN(CC(=O)N2CCCCC2)CC1. The Morgan fingerprint density at radius 1 is 0.885 bits per heavy atom. The summed E-state index contributed by atoms with van der Waals surface area (Å²) in [5, 5.41) is 3.25. The standard InChI is InChI=1S/C20H36N4O2/c1-17(20(26)21-18-8-4-2-5-9-18)23-14-12-22(13-15-23)16-19(25)24-10-6-3-7-11-24/h17-18H,2-16H2,1H3,(H,21,26). The number of nitrogens with zero attached hydrogens (tertiary/aromatic N) is 3. The summed E-state index contributed by atoms with van der Waals surface area (Å²) in [6, 6.07) is 0.305. The van der Waals surface area contributed by atoms with Crippen LogP contribution in [-0.2, 0) is 9.59 Å². The van der Waals surface area contributed by atoms with Gasteiger partial charge in [-0.25, -0.2) is 0 Å². The van der Waals surface area contributed by atoms with Gasteiger partial charge in [-0.1, -0.05) is 19.3 Å². The minimum atomic E-state index is -0.0723. The zero-order valence-electron chi connectivity index (χ0n) is 16.4. The predicted molar refractivity (Wildman–Crippen MR) is 103 cm³/mol. The number of amides is 2. The Morgan fingerprint density at radius 2 is 1.50 bits per heavy atom. The van der Waals surface area contributed by atoms with E-state index in [9.17, 15) is 9.59 Å². The number of carbonyl (C=O) groups excluding carboxylic acids is 2. The van der Waals surface area contributed by atoms with Crippen LogP contribution in [0.4, 0.5) is 0 Å². The molecule has 1 unspecified atom stereocenters. The smallest absolute Gasteiger partial charge is 0.237 e. The lowest BCUT2D eigenvalue weighted by Crippen LogP contribution is -2.56. The largest absolute Gasteiger partial charge is 0.352 e. The third kappa shape index (κ3) is 5.43. The number of hydrogen-bond acceptors (Lipinski definition) is 4. The van der Waals surface area contributed by atoms with Gasteiger partial charge in [-0.15, -0.1) is 0 Å². The molecule has 1 saturated carbocycles. The van der Waals surface area contributed by atoms with Crippen molar-refractivity contribution in [2.75, 3.05) is 45.8 Å². The maximum atomic E-state index is 12.5. The minimum absolute atomic E-state index is 0.0723. The second kappa shape index (κ2) is 9.70. The first kappa shape index (κ1) is 19.6. The fourth-order valence-corrected chi connectivity index (χ4v) is 4.48. The summed E-state index contributed by atoms with van der Waals surface area (Å²) in [7, 11) is 0. The summed E-state index contributed by atoms with van der Waals surface area (Å²) in [5.74, 6) is 0.455. The molecule has 3 aliphatic rings. The first-order chi connectivity index (χ1) is 12.6. The summed E-state index contributed by atoms with van der Waals surface area (Å²) in [6.07, 6.45) is 9.59. The third-order valence-corrected chi connectivity index (χ3v) is 6.35. The number of piperidine rings is 1. The Morgan fingerprint density at radius 3 is 2.15 bits per heavy atom. The van der Waals surface area contributed by atoms with Gasteiger partial charge in [0.2, 0.25) is 11.8 Å². The molecule has 0 radical (unpaired) electrons. The molecule has 2 amide bonds. The second-order valence-electron chi connectivity index (χ2n) is 8.27. The Hall–Kier alpha value is -1.14. The van der Waals surface area contributed by atoms with Crippen molar-refractivity contribution < 1.29 is 9.59 Å². The number of nitrogens with one attached hydrogen (secondary N) is 1. The van der Waals surface area contributed by atoms with Crippen LogP contribution in [0.3, 0.4) is 0 Å². The predicted octanol–water partition coefficient (Wildman–Crippen LogP) is 1.45. The van der Waals surface area contributed by atoms with E-state index in [1.807, 2.05) is 11.8 Å². The molecule has 2 heterocycles. The van der Waals surface area contributed by atoms with Gasteiger partial charge in [0.05, 0.1) is 12.6 Å². The lowest BCUT2D eigenvalue weighted by molar-refractivity contribution is -0.134. The molecule has 1 N–H and O–H groups in total. The summed E-state index contributed by atoms with van der Waals surface area (Å²) >= 11 is 0. The normalized spacial score (nSPS) is 25.0. The fraction of sp³-hybridized carbons (Fsp3) is 0.900. The average molecular weight is 365 g/mol. The highest BCUT2D eigenvalue weighted by molar-refractivity contribution is 5.81. The zero-order chi connectivity index (χ0) is 18.4. The Balaban J connectivity index is 1.38. The van der Waals surface area contributed by atoms with E-state index >= 15 is 0 Å². The van der Waals surface area contributed by atoms with Gasteiger partial charge in [-0.3, -0.25) is 19.4 Å². The molecule has 0 aromatic heterocycles. The summed E-state index contributed by atoms with van der Waals surface area (Å²) in [5.41, 5.74) is 0. The van der Waals surface area contributed by atoms with Gasteiger partial charge in [0.15, 0.2) is 0 Å². The van der Waals surface area contributed by atoms with E-state index in [-0.39, 0.29) is 17.9 Å². The number of piperazine rings is 1. The van der Waals surface area contributed by atoms with E-state index in [2.05, 4.69) is 15.1 Å². The first-order valence-electron chi connectivity index (χ1n) is 10.7. The maximum Gasteiger partial charge on any atom is 0.237 e. The highest BCUT2D eigenvalue weighted by Crippen LogP contribution is 2.18. The van der Waals surface area contributed by atoms with Gasteiger partial charge in [-0.2, -0.15) is 0 Å². The van der Waals surface area contributed by atoms with Crippen LogP contribution >= 0.6 is 0 Å². The van der Waals surface area contributed by atoms with Crippen LogP contribution < -0.4 is 5.32 Å². The maximum absolute atomic E-state index is 12.5. The van der Waals surface area contributed by atoms with Crippen molar-refractivity contribution >= 4 is 11.8 Å². The minimum Gasteiger partial charge on any atom is -0.352 e. The van der Waals surface area contributed by atoms with Crippen molar-refractivity contribution in [3.05, 3.63) is 0 Å². The molecular weight excluding hydrogens is 328 g/mol. The molecule has 0 aromatic carbocycles. The lowest BCUT2D eigenvalue weighted by Gasteiger charge is -2.38. The number of rotatable bonds is 5. The third-order valence-electron chi connectivity index (χ3n) is 6.35. The summed E-state index contributed by atoms with van der Waals surface area (Å²) in [6.45, 7) is 7.90. The monoisotopic (exact) mass is 364 g/mol. The molecule has 1 atom stereocenters. The van der Waals surface area contributed by atoms with Crippen LogP contribution in [0.5, 0.6) is 0 Å². The van der Waals surface area contributed by atoms with E-state index in [1.54, 1.807) is 0 Å². The number of likely N-dealkylation sites (tertiary alicyclic amines) is 1. The van der Waals surface area contributed by atoms with E-state index in [4.69, 9.17) is 0 Å². The molecule has 26 heavy (non-hydrogen) atoms. The second-order valence-corrected chi connectivity index (χ2v) is 8.27. The molecule has 0 aromatic rings. The number of carbonyl (C=O) groups is 2. The van der Waals surface area contributed by atoms with Gasteiger partial charge in [-0.05, 0) is 39.0 Å². The molecule has 3 rings (SSSR count). The van der Waals surface area contributed by atoms with Crippen molar-refractivity contribution in [3.63, 3.8) is 0 Å². The fourth-order valence-electron chi connectivity index (χ4n) is 4.48. The van der Waals surface area contributed by atoms with Crippen molar-refractivity contribution in [1.29, 1.82) is 0 Å². The van der Waals surface area contributed by atoms with Crippen LogP contribution in [0, 0.1) is 0 Å². The molecule has 0 bridgehead atoms. The van der Waals surface area contributed by atoms with Crippen LogP contribution in [0.25, 0.3) is 0 Å². The molecule has 1 aliphatic carbocycles. The van der Waals surface area contributed by atoms with Crippen molar-refractivity contribution in [2.24, 2.45) is 0 Å². The quantitative estimate of drug-likeness (QED) is 0.802. The zero-order valence-corrected chi connectivity index (χ0v) is 16.4. The number of hydrogen-bond donors (Lipinski definition) is 1. The Labute approximate surface area is 158 Å². The summed E-state index contributed by atoms with van der Waals surface area (Å²) in [4.78, 5) is 31.5. The van der Waals surface area contributed by atoms with E-state index < -0.39 is 0 Å². The van der Waals surface area contributed by atoms with Gasteiger partial charge < -0.3 is 10.2 Å².